The first-order valence-corrected chi connectivity index (χ1v) is 9.09. The number of para-hydroxylation sites is 1. The fourth-order valence-electron chi connectivity index (χ4n) is 2.99. The molecule has 0 bridgehead atoms. The van der Waals surface area contributed by atoms with E-state index in [0.29, 0.717) is 17.5 Å². The lowest BCUT2D eigenvalue weighted by Crippen LogP contribution is -2.33. The van der Waals surface area contributed by atoms with Gasteiger partial charge in [0.2, 0.25) is 5.91 Å². The number of aryl methyl sites for hydroxylation is 1. The van der Waals surface area contributed by atoms with Crippen LogP contribution in [-0.2, 0) is 11.2 Å². The molecule has 2 aromatic heterocycles. The second-order valence-electron chi connectivity index (χ2n) is 6.43. The molecule has 0 atom stereocenters. The van der Waals surface area contributed by atoms with Crippen molar-refractivity contribution < 1.29 is 9.53 Å². The van der Waals surface area contributed by atoms with E-state index in [1.165, 1.54) is 12.5 Å². The van der Waals surface area contributed by atoms with Gasteiger partial charge in [0, 0.05) is 6.42 Å². The number of ether oxygens (including phenoxy) is 1. The van der Waals surface area contributed by atoms with Crippen molar-refractivity contribution in [1.29, 1.82) is 0 Å². The zero-order valence-corrected chi connectivity index (χ0v) is 15.8. The van der Waals surface area contributed by atoms with Crippen LogP contribution in [-0.4, -0.2) is 32.5 Å². The number of hydrogen-bond donors (Lipinski definition) is 1. The molecule has 0 radical (unpaired) electrons. The molecular weight excluding hydrogens is 370 g/mol. The third-order valence-electron chi connectivity index (χ3n) is 4.53. The lowest BCUT2D eigenvalue weighted by molar-refractivity contribution is -0.117. The summed E-state index contributed by atoms with van der Waals surface area (Å²) in [7, 11) is 1.61. The van der Waals surface area contributed by atoms with E-state index in [4.69, 9.17) is 4.74 Å². The Balaban J connectivity index is 1.48. The van der Waals surface area contributed by atoms with E-state index < -0.39 is 0 Å². The van der Waals surface area contributed by atoms with E-state index >= 15 is 0 Å². The van der Waals surface area contributed by atoms with Crippen LogP contribution in [0.1, 0.15) is 12.0 Å². The summed E-state index contributed by atoms with van der Waals surface area (Å²) in [6, 6.07) is 16.9. The van der Waals surface area contributed by atoms with E-state index in [1.807, 2.05) is 54.6 Å². The van der Waals surface area contributed by atoms with Crippen LogP contribution in [0.3, 0.4) is 0 Å². The molecule has 0 saturated carbocycles. The molecule has 1 N–H and O–H groups in total. The molecule has 8 nitrogen and oxygen atoms in total. The fourth-order valence-corrected chi connectivity index (χ4v) is 2.99. The number of nitrogens with zero attached hydrogens (tertiary/aromatic N) is 4. The number of nitrogens with one attached hydrogen (secondary N) is 1. The number of carbonyl (C=O) groups is 1. The van der Waals surface area contributed by atoms with Crippen LogP contribution in [0.4, 0.5) is 0 Å². The zero-order valence-electron chi connectivity index (χ0n) is 15.8. The van der Waals surface area contributed by atoms with Crippen molar-refractivity contribution in [2.45, 2.75) is 12.8 Å². The highest BCUT2D eigenvalue weighted by Crippen LogP contribution is 2.14. The van der Waals surface area contributed by atoms with Gasteiger partial charge in [0.05, 0.1) is 19.0 Å². The molecule has 2 heterocycles. The minimum absolute atomic E-state index is 0.236. The molecule has 0 aliphatic heterocycles. The Labute approximate surface area is 166 Å². The maximum Gasteiger partial charge on any atom is 0.283 e. The number of carbonyl (C=O) groups excluding carboxylic acids is 1. The van der Waals surface area contributed by atoms with Crippen LogP contribution >= 0.6 is 0 Å². The summed E-state index contributed by atoms with van der Waals surface area (Å²) in [5.41, 5.74) is 4.45. The SMILES string of the molecule is COc1ccc(CCC(=O)Nn2cnc3c(cnn3-c3ccccc3)c2=O)cc1. The molecule has 29 heavy (non-hydrogen) atoms. The van der Waals surface area contributed by atoms with Gasteiger partial charge in [-0.05, 0) is 36.2 Å². The van der Waals surface area contributed by atoms with Gasteiger partial charge in [-0.3, -0.25) is 15.0 Å². The molecule has 0 saturated heterocycles. The van der Waals surface area contributed by atoms with E-state index in [9.17, 15) is 9.59 Å². The Bertz CT molecular complexity index is 1200. The molecule has 0 fully saturated rings. The molecule has 2 aromatic carbocycles. The molecule has 146 valence electrons. The lowest BCUT2D eigenvalue weighted by Gasteiger charge is -2.08. The van der Waals surface area contributed by atoms with E-state index in [1.54, 1.807) is 11.8 Å². The Morgan fingerprint density at radius 1 is 1.10 bits per heavy atom. The topological polar surface area (TPSA) is 91.0 Å². The van der Waals surface area contributed by atoms with Gasteiger partial charge in [-0.2, -0.15) is 5.10 Å². The largest absolute Gasteiger partial charge is 0.497 e. The van der Waals surface area contributed by atoms with E-state index in [2.05, 4.69) is 15.5 Å². The molecule has 4 rings (SSSR count). The van der Waals surface area contributed by atoms with Crippen LogP contribution in [0.2, 0.25) is 0 Å². The standard InChI is InChI=1S/C21H19N5O3/c1-29-17-10-7-15(8-11-17)9-12-19(27)24-25-14-22-20-18(21(25)28)13-23-26(20)16-5-3-2-4-6-16/h2-8,10-11,13-14H,9,12H2,1H3,(H,24,27). The predicted molar refractivity (Wildman–Crippen MR) is 109 cm³/mol. The van der Waals surface area contributed by atoms with Crippen molar-refractivity contribution in [3.63, 3.8) is 0 Å². The van der Waals surface area contributed by atoms with Gasteiger partial charge in [0.1, 0.15) is 17.5 Å². The second-order valence-corrected chi connectivity index (χ2v) is 6.43. The average molecular weight is 389 g/mol. The first-order chi connectivity index (χ1) is 14.2. The van der Waals surface area contributed by atoms with Crippen LogP contribution in [0.5, 0.6) is 5.75 Å². The van der Waals surface area contributed by atoms with Gasteiger partial charge in [0.25, 0.3) is 5.56 Å². The zero-order chi connectivity index (χ0) is 20.2. The normalized spacial score (nSPS) is 10.8. The van der Waals surface area contributed by atoms with Crippen molar-refractivity contribution in [2.24, 2.45) is 0 Å². The maximum absolute atomic E-state index is 12.7. The van der Waals surface area contributed by atoms with Crippen molar-refractivity contribution in [2.75, 3.05) is 12.5 Å². The van der Waals surface area contributed by atoms with Gasteiger partial charge >= 0.3 is 0 Å². The summed E-state index contributed by atoms with van der Waals surface area (Å²) in [5, 5.41) is 4.58. The first-order valence-electron chi connectivity index (χ1n) is 9.09. The highest BCUT2D eigenvalue weighted by Gasteiger charge is 2.12. The number of rotatable bonds is 6. The van der Waals surface area contributed by atoms with Crippen molar-refractivity contribution in [3.8, 4) is 11.4 Å². The Morgan fingerprint density at radius 2 is 1.86 bits per heavy atom. The summed E-state index contributed by atoms with van der Waals surface area (Å²) in [6.45, 7) is 0. The molecule has 0 aliphatic carbocycles. The number of aromatic nitrogens is 4. The van der Waals surface area contributed by atoms with Gasteiger partial charge in [0.15, 0.2) is 5.65 Å². The van der Waals surface area contributed by atoms with E-state index in [0.717, 1.165) is 21.7 Å². The highest BCUT2D eigenvalue weighted by atomic mass is 16.5. The maximum atomic E-state index is 12.7. The van der Waals surface area contributed by atoms with Crippen LogP contribution in [0, 0.1) is 0 Å². The molecule has 4 aromatic rings. The average Bonchev–Trinajstić information content (AvgIpc) is 3.20. The molecule has 8 heteroatoms. The van der Waals surface area contributed by atoms with Gasteiger partial charge in [-0.1, -0.05) is 30.3 Å². The van der Waals surface area contributed by atoms with E-state index in [-0.39, 0.29) is 17.9 Å². The van der Waals surface area contributed by atoms with Crippen LogP contribution in [0.25, 0.3) is 16.7 Å². The molecule has 1 amide bonds. The van der Waals surface area contributed by atoms with Crippen molar-refractivity contribution in [1.82, 2.24) is 19.4 Å². The summed E-state index contributed by atoms with van der Waals surface area (Å²) in [6.07, 6.45) is 3.54. The number of amides is 1. The molecular formula is C21H19N5O3. The highest BCUT2D eigenvalue weighted by molar-refractivity contribution is 5.84. The Morgan fingerprint density at radius 3 is 2.59 bits per heavy atom. The van der Waals surface area contributed by atoms with Gasteiger partial charge in [-0.25, -0.2) is 14.3 Å². The number of fused-ring (bicyclic) bond motifs is 1. The number of hydrogen-bond acceptors (Lipinski definition) is 5. The second kappa shape index (κ2) is 7.97. The third kappa shape index (κ3) is 3.86. The number of benzene rings is 2. The molecule has 0 unspecified atom stereocenters. The van der Waals surface area contributed by atoms with Crippen molar-refractivity contribution in [3.05, 3.63) is 83.0 Å². The lowest BCUT2D eigenvalue weighted by atomic mass is 10.1. The van der Waals surface area contributed by atoms with Gasteiger partial charge in [-0.15, -0.1) is 0 Å². The minimum atomic E-state index is -0.380. The Kier molecular flexibility index (Phi) is 5.07. The molecule has 0 spiro atoms. The smallest absolute Gasteiger partial charge is 0.283 e. The predicted octanol–water partition coefficient (Wildman–Crippen LogP) is 2.29. The summed E-state index contributed by atoms with van der Waals surface area (Å²) in [5.74, 6) is 0.486. The summed E-state index contributed by atoms with van der Waals surface area (Å²) >= 11 is 0. The van der Waals surface area contributed by atoms with Gasteiger partial charge < -0.3 is 4.74 Å². The minimum Gasteiger partial charge on any atom is -0.497 e. The van der Waals surface area contributed by atoms with Crippen molar-refractivity contribution >= 4 is 16.9 Å². The number of methoxy groups -OCH3 is 1. The quantitative estimate of drug-likeness (QED) is 0.546. The third-order valence-corrected chi connectivity index (χ3v) is 4.53. The van der Waals surface area contributed by atoms with Crippen LogP contribution in [0.15, 0.2) is 71.9 Å². The fraction of sp³-hybridized carbons (Fsp3) is 0.143. The first kappa shape index (κ1) is 18.4. The summed E-state index contributed by atoms with van der Waals surface area (Å²) in [4.78, 5) is 29.3. The Hall–Kier alpha value is -3.94. The summed E-state index contributed by atoms with van der Waals surface area (Å²) < 4.78 is 7.80. The molecule has 0 aliphatic rings. The monoisotopic (exact) mass is 389 g/mol. The van der Waals surface area contributed by atoms with Crippen LogP contribution < -0.4 is 15.7 Å².